The first kappa shape index (κ1) is 11.7. The number of nitrogens with one attached hydrogen (secondary N) is 1. The monoisotopic (exact) mass is 250 g/mol. The van der Waals surface area contributed by atoms with Crippen LogP contribution in [-0.4, -0.2) is 31.6 Å². The minimum absolute atomic E-state index is 0.635. The molecule has 94 valence electrons. The lowest BCUT2D eigenvalue weighted by molar-refractivity contribution is 0.370. The van der Waals surface area contributed by atoms with Crippen molar-refractivity contribution in [3.63, 3.8) is 0 Å². The molecular formula is C14H22N2S. The van der Waals surface area contributed by atoms with Crippen molar-refractivity contribution in [2.45, 2.75) is 31.7 Å². The molecule has 2 atom stereocenters. The van der Waals surface area contributed by atoms with Crippen LogP contribution in [0.25, 0.3) is 0 Å². The number of hydrogen-bond donors (Lipinski definition) is 1. The summed E-state index contributed by atoms with van der Waals surface area (Å²) in [5.74, 6) is 0.865. The molecule has 1 N–H and O–H groups in total. The van der Waals surface area contributed by atoms with E-state index >= 15 is 0 Å². The average Bonchev–Trinajstić information content (AvgIpc) is 2.94. The second-order valence-electron chi connectivity index (χ2n) is 5.57. The minimum Gasteiger partial charge on any atom is -0.310 e. The zero-order valence-electron chi connectivity index (χ0n) is 10.6. The Morgan fingerprint density at radius 2 is 2.41 bits per heavy atom. The zero-order chi connectivity index (χ0) is 11.7. The molecule has 1 aliphatic carbocycles. The fraction of sp³-hybridized carbons (Fsp3) is 0.714. The van der Waals surface area contributed by atoms with Crippen LogP contribution >= 0.6 is 11.3 Å². The number of rotatable bonds is 3. The van der Waals surface area contributed by atoms with E-state index in [0.717, 1.165) is 5.92 Å². The quantitative estimate of drug-likeness (QED) is 0.887. The summed E-state index contributed by atoms with van der Waals surface area (Å²) in [5.41, 5.74) is 1.59. The lowest BCUT2D eigenvalue weighted by atomic mass is 9.93. The largest absolute Gasteiger partial charge is 0.310 e. The number of hydrogen-bond acceptors (Lipinski definition) is 3. The summed E-state index contributed by atoms with van der Waals surface area (Å²) in [6, 6.07) is 2.97. The van der Waals surface area contributed by atoms with E-state index in [9.17, 15) is 0 Å². The molecule has 2 aliphatic rings. The van der Waals surface area contributed by atoms with E-state index in [1.165, 1.54) is 45.3 Å². The molecule has 0 bridgehead atoms. The first-order valence-electron chi connectivity index (χ1n) is 6.81. The highest BCUT2D eigenvalue weighted by atomic mass is 32.1. The maximum atomic E-state index is 3.81. The Kier molecular flexibility index (Phi) is 3.50. The Bertz CT molecular complexity index is 374. The Morgan fingerprint density at radius 1 is 1.47 bits per heavy atom. The number of fused-ring (bicyclic) bond motifs is 1. The minimum atomic E-state index is 0.635. The second-order valence-corrected chi connectivity index (χ2v) is 6.57. The van der Waals surface area contributed by atoms with Crippen molar-refractivity contribution in [3.05, 3.63) is 21.9 Å². The molecule has 1 aromatic rings. The summed E-state index contributed by atoms with van der Waals surface area (Å²) < 4.78 is 0. The van der Waals surface area contributed by atoms with E-state index in [1.807, 2.05) is 11.3 Å². The predicted octanol–water partition coefficient (Wildman–Crippen LogP) is 2.67. The van der Waals surface area contributed by atoms with Gasteiger partial charge in [0.05, 0.1) is 0 Å². The molecule has 0 amide bonds. The predicted molar refractivity (Wildman–Crippen MR) is 73.6 cm³/mol. The molecule has 1 saturated heterocycles. The van der Waals surface area contributed by atoms with Crippen molar-refractivity contribution >= 4 is 11.3 Å². The molecule has 3 rings (SSSR count). The van der Waals surface area contributed by atoms with E-state index in [-0.39, 0.29) is 0 Å². The van der Waals surface area contributed by atoms with Crippen LogP contribution in [0, 0.1) is 5.92 Å². The average molecular weight is 250 g/mol. The van der Waals surface area contributed by atoms with E-state index in [1.54, 1.807) is 10.4 Å². The van der Waals surface area contributed by atoms with Gasteiger partial charge in [0, 0.05) is 17.5 Å². The van der Waals surface area contributed by atoms with Crippen molar-refractivity contribution in [3.8, 4) is 0 Å². The van der Waals surface area contributed by atoms with E-state index in [4.69, 9.17) is 0 Å². The van der Waals surface area contributed by atoms with Gasteiger partial charge < -0.3 is 10.2 Å². The summed E-state index contributed by atoms with van der Waals surface area (Å²) in [6.45, 7) is 3.75. The van der Waals surface area contributed by atoms with Crippen molar-refractivity contribution in [1.29, 1.82) is 0 Å². The van der Waals surface area contributed by atoms with Gasteiger partial charge in [-0.05, 0) is 68.7 Å². The number of aryl methyl sites for hydroxylation is 1. The highest BCUT2D eigenvalue weighted by molar-refractivity contribution is 7.10. The van der Waals surface area contributed by atoms with Crippen molar-refractivity contribution < 1.29 is 0 Å². The fourth-order valence-electron chi connectivity index (χ4n) is 3.20. The van der Waals surface area contributed by atoms with Crippen LogP contribution < -0.4 is 5.32 Å². The van der Waals surface area contributed by atoms with Gasteiger partial charge in [0.2, 0.25) is 0 Å². The van der Waals surface area contributed by atoms with Gasteiger partial charge in [0.25, 0.3) is 0 Å². The van der Waals surface area contributed by atoms with Gasteiger partial charge in [0.1, 0.15) is 0 Å². The Labute approximate surface area is 108 Å². The number of nitrogens with zero attached hydrogens (tertiary/aromatic N) is 1. The van der Waals surface area contributed by atoms with Crippen molar-refractivity contribution in [2.24, 2.45) is 5.92 Å². The SMILES string of the molecule is CN1CCC(CNC2CCCc3sccc32)C1. The summed E-state index contributed by atoms with van der Waals surface area (Å²) in [7, 11) is 2.23. The molecule has 3 heteroatoms. The smallest absolute Gasteiger partial charge is 0.0331 e. The molecule has 2 heterocycles. The lowest BCUT2D eigenvalue weighted by Gasteiger charge is -2.25. The summed E-state index contributed by atoms with van der Waals surface area (Å²) in [5, 5.41) is 6.06. The Morgan fingerprint density at radius 3 is 3.24 bits per heavy atom. The third kappa shape index (κ3) is 2.56. The first-order chi connectivity index (χ1) is 8.33. The molecule has 2 unspecified atom stereocenters. The standard InChI is InChI=1S/C14H22N2S/c1-16-7-5-11(10-16)9-15-13-3-2-4-14-12(13)6-8-17-14/h6,8,11,13,15H,2-5,7,9-10H2,1H3. The summed E-state index contributed by atoms with van der Waals surface area (Å²) in [6.07, 6.45) is 5.35. The van der Waals surface area contributed by atoms with Crippen LogP contribution in [0.4, 0.5) is 0 Å². The third-order valence-electron chi connectivity index (χ3n) is 4.19. The number of thiophene rings is 1. The van der Waals surface area contributed by atoms with Gasteiger partial charge in [-0.2, -0.15) is 0 Å². The lowest BCUT2D eigenvalue weighted by Crippen LogP contribution is -2.30. The molecule has 1 fully saturated rings. The van der Waals surface area contributed by atoms with Gasteiger partial charge in [-0.15, -0.1) is 11.3 Å². The van der Waals surface area contributed by atoms with E-state index in [2.05, 4.69) is 28.7 Å². The highest BCUT2D eigenvalue weighted by Crippen LogP contribution is 2.33. The Balaban J connectivity index is 1.56. The topological polar surface area (TPSA) is 15.3 Å². The molecule has 1 aliphatic heterocycles. The van der Waals surface area contributed by atoms with Crippen LogP contribution in [0.15, 0.2) is 11.4 Å². The van der Waals surface area contributed by atoms with Crippen molar-refractivity contribution in [1.82, 2.24) is 10.2 Å². The van der Waals surface area contributed by atoms with Crippen LogP contribution in [0.1, 0.15) is 35.7 Å². The Hall–Kier alpha value is -0.380. The van der Waals surface area contributed by atoms with Crippen LogP contribution in [0.3, 0.4) is 0 Å². The molecule has 1 aromatic heterocycles. The molecule has 0 spiro atoms. The molecule has 0 radical (unpaired) electrons. The molecule has 17 heavy (non-hydrogen) atoms. The highest BCUT2D eigenvalue weighted by Gasteiger charge is 2.24. The molecular weight excluding hydrogens is 228 g/mol. The molecule has 2 nitrogen and oxygen atoms in total. The molecule has 0 aromatic carbocycles. The van der Waals surface area contributed by atoms with Gasteiger partial charge in [-0.3, -0.25) is 0 Å². The van der Waals surface area contributed by atoms with Gasteiger partial charge in [-0.1, -0.05) is 0 Å². The van der Waals surface area contributed by atoms with Gasteiger partial charge in [-0.25, -0.2) is 0 Å². The van der Waals surface area contributed by atoms with Gasteiger partial charge in [0.15, 0.2) is 0 Å². The maximum Gasteiger partial charge on any atom is 0.0331 e. The van der Waals surface area contributed by atoms with Crippen LogP contribution in [0.2, 0.25) is 0 Å². The number of likely N-dealkylation sites (tertiary alicyclic amines) is 1. The van der Waals surface area contributed by atoms with E-state index in [0.29, 0.717) is 6.04 Å². The van der Waals surface area contributed by atoms with E-state index < -0.39 is 0 Å². The summed E-state index contributed by atoms with van der Waals surface area (Å²) >= 11 is 1.94. The van der Waals surface area contributed by atoms with Gasteiger partial charge >= 0.3 is 0 Å². The van der Waals surface area contributed by atoms with Crippen LogP contribution in [0.5, 0.6) is 0 Å². The normalized spacial score (nSPS) is 29.5. The second kappa shape index (κ2) is 5.09. The maximum absolute atomic E-state index is 3.81. The first-order valence-corrected chi connectivity index (χ1v) is 7.69. The third-order valence-corrected chi connectivity index (χ3v) is 5.19. The fourth-order valence-corrected chi connectivity index (χ4v) is 4.19. The van der Waals surface area contributed by atoms with Crippen LogP contribution in [-0.2, 0) is 6.42 Å². The zero-order valence-corrected chi connectivity index (χ0v) is 11.4. The molecule has 0 saturated carbocycles. The summed E-state index contributed by atoms with van der Waals surface area (Å²) in [4.78, 5) is 4.07. The van der Waals surface area contributed by atoms with Crippen molar-refractivity contribution in [2.75, 3.05) is 26.7 Å².